The normalized spacial score (nSPS) is 20.7. The van der Waals surface area contributed by atoms with E-state index in [0.717, 1.165) is 31.5 Å². The van der Waals surface area contributed by atoms with Crippen LogP contribution in [-0.4, -0.2) is 30.1 Å². The van der Waals surface area contributed by atoms with E-state index in [-0.39, 0.29) is 0 Å². The number of nitrogens with zero attached hydrogens (tertiary/aromatic N) is 1. The first-order valence-corrected chi connectivity index (χ1v) is 5.52. The maximum Gasteiger partial charge on any atom is 0.0920 e. The van der Waals surface area contributed by atoms with Crippen LogP contribution >= 0.6 is 0 Å². The van der Waals surface area contributed by atoms with Crippen molar-refractivity contribution in [2.24, 2.45) is 0 Å². The van der Waals surface area contributed by atoms with Crippen LogP contribution in [0.2, 0.25) is 0 Å². The van der Waals surface area contributed by atoms with Crippen LogP contribution in [0.1, 0.15) is 18.4 Å². The Labute approximate surface area is 94.8 Å². The molecule has 0 aromatic heterocycles. The van der Waals surface area contributed by atoms with Gasteiger partial charge in [-0.1, -0.05) is 12.1 Å². The molecule has 0 amide bonds. The van der Waals surface area contributed by atoms with E-state index in [1.54, 1.807) is 29.8 Å². The zero-order valence-electron chi connectivity index (χ0n) is 9.41. The van der Waals surface area contributed by atoms with Crippen LogP contribution in [0.25, 0.3) is 0 Å². The van der Waals surface area contributed by atoms with Crippen LogP contribution in [0.3, 0.4) is 0 Å². The second-order valence-corrected chi connectivity index (χ2v) is 4.51. The van der Waals surface area contributed by atoms with Gasteiger partial charge in [0, 0.05) is 13.1 Å². The molecule has 16 heavy (non-hydrogen) atoms. The molecule has 0 radical (unpaired) electrons. The summed E-state index contributed by atoms with van der Waals surface area (Å²) in [5.74, 6) is 0. The van der Waals surface area contributed by atoms with Gasteiger partial charge in [0.15, 0.2) is 0 Å². The molecule has 1 aromatic rings. The van der Waals surface area contributed by atoms with Crippen molar-refractivity contribution in [3.05, 3.63) is 29.8 Å². The number of benzene rings is 1. The fourth-order valence-electron chi connectivity index (χ4n) is 2.12. The lowest BCUT2D eigenvalue weighted by atomic mass is 9.84. The van der Waals surface area contributed by atoms with Crippen molar-refractivity contribution in [1.29, 1.82) is 0 Å². The lowest BCUT2D eigenvalue weighted by Gasteiger charge is -2.36. The van der Waals surface area contributed by atoms with E-state index in [1.807, 2.05) is 0 Å². The summed E-state index contributed by atoms with van der Waals surface area (Å²) in [6, 6.07) is 6.86. The molecule has 1 aliphatic heterocycles. The Morgan fingerprint density at radius 1 is 1.25 bits per heavy atom. The monoisotopic (exact) mass is 224 g/mol. The highest BCUT2D eigenvalue weighted by molar-refractivity contribution is 5.43. The van der Waals surface area contributed by atoms with Crippen molar-refractivity contribution in [2.75, 3.05) is 25.7 Å². The number of hydrogen-bond donors (Lipinski definition) is 2. The van der Waals surface area contributed by atoms with Crippen LogP contribution in [0.5, 0.6) is 0 Å². The molecule has 0 aliphatic carbocycles. The summed E-state index contributed by atoms with van der Waals surface area (Å²) in [6.45, 7) is 1.78. The smallest absolute Gasteiger partial charge is 0.0920 e. The van der Waals surface area contributed by atoms with Gasteiger partial charge in [0.1, 0.15) is 0 Å². The maximum absolute atomic E-state index is 12.1. The van der Waals surface area contributed by atoms with Gasteiger partial charge in [-0.15, -0.1) is 4.48 Å². The molecule has 0 spiro atoms. The van der Waals surface area contributed by atoms with Gasteiger partial charge in [0.25, 0.3) is 0 Å². The van der Waals surface area contributed by atoms with Crippen molar-refractivity contribution < 1.29 is 9.59 Å². The molecule has 4 heteroatoms. The van der Waals surface area contributed by atoms with E-state index in [2.05, 4.69) is 11.9 Å². The molecule has 3 nitrogen and oxygen atoms in total. The number of likely N-dealkylation sites (tertiary alicyclic amines) is 1. The fourth-order valence-corrected chi connectivity index (χ4v) is 2.12. The predicted molar refractivity (Wildman–Crippen MR) is 61.8 cm³/mol. The van der Waals surface area contributed by atoms with Crippen LogP contribution in [0.4, 0.5) is 10.2 Å². The first-order valence-electron chi connectivity index (χ1n) is 5.52. The molecular weight excluding hydrogens is 207 g/mol. The summed E-state index contributed by atoms with van der Waals surface area (Å²) < 4.78 is 12.1. The molecule has 1 heterocycles. The number of piperidine rings is 1. The van der Waals surface area contributed by atoms with E-state index < -0.39 is 5.60 Å². The Morgan fingerprint density at radius 3 is 2.31 bits per heavy atom. The quantitative estimate of drug-likeness (QED) is 0.753. The van der Waals surface area contributed by atoms with Gasteiger partial charge in [0.2, 0.25) is 0 Å². The highest BCUT2D eigenvalue weighted by atomic mass is 19.2. The van der Waals surface area contributed by atoms with Crippen LogP contribution in [0.15, 0.2) is 24.3 Å². The average Bonchev–Trinajstić information content (AvgIpc) is 2.33. The van der Waals surface area contributed by atoms with Crippen molar-refractivity contribution in [2.45, 2.75) is 18.4 Å². The van der Waals surface area contributed by atoms with Gasteiger partial charge in [0.05, 0.1) is 11.3 Å². The Bertz CT molecular complexity index is 345. The topological polar surface area (TPSA) is 35.5 Å². The molecule has 0 saturated carbocycles. The lowest BCUT2D eigenvalue weighted by molar-refractivity contribution is -0.0203. The third kappa shape index (κ3) is 2.18. The van der Waals surface area contributed by atoms with E-state index in [1.165, 1.54) is 0 Å². The number of rotatable bonds is 2. The zero-order valence-corrected chi connectivity index (χ0v) is 9.41. The molecule has 2 rings (SSSR count). The molecule has 0 unspecified atom stereocenters. The minimum atomic E-state index is -0.749. The first kappa shape index (κ1) is 11.4. The number of hydrogen-bond acceptors (Lipinski definition) is 3. The highest BCUT2D eigenvalue weighted by Crippen LogP contribution is 2.32. The van der Waals surface area contributed by atoms with E-state index in [0.29, 0.717) is 5.69 Å². The maximum atomic E-state index is 12.1. The number of aliphatic hydroxyl groups is 1. The minimum absolute atomic E-state index is 0.417. The van der Waals surface area contributed by atoms with Crippen molar-refractivity contribution in [3.8, 4) is 0 Å². The Morgan fingerprint density at radius 2 is 1.81 bits per heavy atom. The third-order valence-corrected chi connectivity index (χ3v) is 3.35. The fraction of sp³-hybridized carbons (Fsp3) is 0.500. The summed E-state index contributed by atoms with van der Waals surface area (Å²) >= 11 is 0. The molecule has 1 fully saturated rings. The molecule has 1 aromatic carbocycles. The third-order valence-electron chi connectivity index (χ3n) is 3.35. The standard InChI is InChI=1S/C12H17FN2O/c1-15-8-6-12(16,7-9-15)10-2-4-11(14-13)5-3-10/h2-5,14,16H,6-9H2,1H3. The van der Waals surface area contributed by atoms with Crippen LogP contribution < -0.4 is 5.54 Å². The van der Waals surface area contributed by atoms with E-state index >= 15 is 0 Å². The molecule has 2 N–H and O–H groups in total. The highest BCUT2D eigenvalue weighted by Gasteiger charge is 2.32. The van der Waals surface area contributed by atoms with Crippen molar-refractivity contribution in [1.82, 2.24) is 4.90 Å². The second-order valence-electron chi connectivity index (χ2n) is 4.51. The Balaban J connectivity index is 2.16. The molecule has 88 valence electrons. The van der Waals surface area contributed by atoms with Crippen LogP contribution in [0, 0.1) is 0 Å². The molecule has 1 saturated heterocycles. The zero-order chi connectivity index (χ0) is 11.6. The number of nitrogens with one attached hydrogen (secondary N) is 1. The molecule has 0 bridgehead atoms. The second kappa shape index (κ2) is 4.39. The van der Waals surface area contributed by atoms with E-state index in [4.69, 9.17) is 0 Å². The number of anilines is 1. The molecule has 1 aliphatic rings. The first-order chi connectivity index (χ1) is 7.64. The minimum Gasteiger partial charge on any atom is -0.385 e. The number of halogens is 1. The summed E-state index contributed by atoms with van der Waals surface area (Å²) in [5, 5.41) is 10.5. The van der Waals surface area contributed by atoms with Gasteiger partial charge in [-0.05, 0) is 37.6 Å². The van der Waals surface area contributed by atoms with Gasteiger partial charge >= 0.3 is 0 Å². The van der Waals surface area contributed by atoms with Crippen molar-refractivity contribution >= 4 is 5.69 Å². The average molecular weight is 224 g/mol. The van der Waals surface area contributed by atoms with Gasteiger partial charge < -0.3 is 10.0 Å². The summed E-state index contributed by atoms with van der Waals surface area (Å²) in [4.78, 5) is 2.20. The summed E-state index contributed by atoms with van der Waals surface area (Å²) in [7, 11) is 2.05. The molecule has 0 atom stereocenters. The van der Waals surface area contributed by atoms with Gasteiger partial charge in [-0.3, -0.25) is 0 Å². The lowest BCUT2D eigenvalue weighted by Crippen LogP contribution is -2.40. The summed E-state index contributed by atoms with van der Waals surface area (Å²) in [6.07, 6.45) is 1.46. The van der Waals surface area contributed by atoms with Crippen molar-refractivity contribution in [3.63, 3.8) is 0 Å². The largest absolute Gasteiger partial charge is 0.385 e. The predicted octanol–water partition coefficient (Wildman–Crippen LogP) is 1.90. The Kier molecular flexibility index (Phi) is 3.12. The van der Waals surface area contributed by atoms with Gasteiger partial charge in [-0.2, -0.15) is 0 Å². The summed E-state index contributed by atoms with van der Waals surface area (Å²) in [5.41, 5.74) is 2.13. The Hall–Kier alpha value is -1.13. The van der Waals surface area contributed by atoms with Gasteiger partial charge in [-0.25, -0.2) is 5.54 Å². The van der Waals surface area contributed by atoms with Crippen LogP contribution in [-0.2, 0) is 5.60 Å². The molecular formula is C12H17FN2O. The SMILES string of the molecule is CN1CCC(O)(c2ccc(NF)cc2)CC1. The van der Waals surface area contributed by atoms with E-state index in [9.17, 15) is 9.59 Å².